The van der Waals surface area contributed by atoms with Crippen molar-refractivity contribution in [3.05, 3.63) is 36.0 Å². The summed E-state index contributed by atoms with van der Waals surface area (Å²) < 4.78 is 0. The topological polar surface area (TPSA) is 28.2 Å². The minimum atomic E-state index is 0.603. The lowest BCUT2D eigenvalue weighted by Gasteiger charge is -2.33. The lowest BCUT2D eigenvalue weighted by Crippen LogP contribution is -2.40. The van der Waals surface area contributed by atoms with Crippen molar-refractivity contribution in [2.24, 2.45) is 0 Å². The van der Waals surface area contributed by atoms with Crippen LogP contribution in [0.2, 0.25) is 0 Å². The number of nitrogens with one attached hydrogen (secondary N) is 1. The number of hydrogen-bond donors (Lipinski definition) is 1. The molecular weight excluding hydrogens is 258 g/mol. The van der Waals surface area contributed by atoms with Crippen molar-refractivity contribution in [1.29, 1.82) is 0 Å². The second kappa shape index (κ2) is 5.30. The Kier molecular flexibility index (Phi) is 3.30. The molecule has 1 aliphatic carbocycles. The average molecular weight is 281 g/mol. The summed E-state index contributed by atoms with van der Waals surface area (Å²) in [6.07, 6.45) is 7.27. The van der Waals surface area contributed by atoms with Crippen LogP contribution in [-0.4, -0.2) is 35.1 Å². The molecule has 0 bridgehead atoms. The van der Waals surface area contributed by atoms with Crippen molar-refractivity contribution in [1.82, 2.24) is 9.88 Å². The highest BCUT2D eigenvalue weighted by Crippen LogP contribution is 2.31. The maximum atomic E-state index is 4.47. The van der Waals surface area contributed by atoms with Gasteiger partial charge in [0.05, 0.1) is 5.52 Å². The lowest BCUT2D eigenvalue weighted by molar-refractivity contribution is 0.210. The van der Waals surface area contributed by atoms with Gasteiger partial charge in [0.1, 0.15) is 0 Å². The molecule has 0 amide bonds. The van der Waals surface area contributed by atoms with Gasteiger partial charge in [-0.1, -0.05) is 11.6 Å². The van der Waals surface area contributed by atoms with Crippen molar-refractivity contribution < 1.29 is 0 Å². The van der Waals surface area contributed by atoms with Gasteiger partial charge in [0.2, 0.25) is 0 Å². The van der Waals surface area contributed by atoms with Gasteiger partial charge >= 0.3 is 0 Å². The fourth-order valence-corrected chi connectivity index (χ4v) is 3.45. The van der Waals surface area contributed by atoms with Crippen LogP contribution in [-0.2, 0) is 0 Å². The largest absolute Gasteiger partial charge is 0.382 e. The van der Waals surface area contributed by atoms with Crippen LogP contribution >= 0.6 is 0 Å². The number of anilines is 1. The van der Waals surface area contributed by atoms with E-state index in [1.807, 2.05) is 6.20 Å². The first-order valence-electron chi connectivity index (χ1n) is 8.15. The third-order valence-corrected chi connectivity index (χ3v) is 4.85. The van der Waals surface area contributed by atoms with E-state index < -0.39 is 0 Å². The molecule has 4 rings (SSSR count). The second-order valence-corrected chi connectivity index (χ2v) is 6.56. The Hall–Kier alpha value is -1.61. The summed E-state index contributed by atoms with van der Waals surface area (Å²) in [7, 11) is 0. The van der Waals surface area contributed by atoms with Gasteiger partial charge in [-0.3, -0.25) is 4.98 Å². The zero-order valence-corrected chi connectivity index (χ0v) is 12.7. The van der Waals surface area contributed by atoms with Crippen molar-refractivity contribution in [3.8, 4) is 0 Å². The van der Waals surface area contributed by atoms with E-state index in [1.54, 1.807) is 0 Å². The first kappa shape index (κ1) is 13.1. The highest BCUT2D eigenvalue weighted by atomic mass is 15.2. The molecule has 2 aromatic rings. The molecule has 2 heterocycles. The molecule has 0 atom stereocenters. The first-order chi connectivity index (χ1) is 10.3. The fraction of sp³-hybridized carbons (Fsp3) is 0.500. The van der Waals surface area contributed by atoms with Gasteiger partial charge in [0.15, 0.2) is 0 Å². The summed E-state index contributed by atoms with van der Waals surface area (Å²) >= 11 is 0. The summed E-state index contributed by atoms with van der Waals surface area (Å²) in [5.74, 6) is 0. The highest BCUT2D eigenvalue weighted by molar-refractivity contribution is 5.91. The van der Waals surface area contributed by atoms with Crippen LogP contribution in [0.3, 0.4) is 0 Å². The molecule has 1 aromatic carbocycles. The van der Waals surface area contributed by atoms with Crippen LogP contribution in [0.1, 0.15) is 31.2 Å². The van der Waals surface area contributed by atoms with Crippen molar-refractivity contribution >= 4 is 16.6 Å². The van der Waals surface area contributed by atoms with E-state index in [9.17, 15) is 0 Å². The summed E-state index contributed by atoms with van der Waals surface area (Å²) in [6.45, 7) is 4.65. The zero-order chi connectivity index (χ0) is 14.2. The molecular formula is C18H23N3. The standard InChI is InChI=1S/C18H23N3/c1-13-2-5-17-16(12-13)18(6-9-19-17)20-14-7-10-21(11-8-14)15-3-4-15/h2,5-6,9,12,14-15H,3-4,7-8,10-11H2,1H3,(H,19,20). The maximum absolute atomic E-state index is 4.47. The van der Waals surface area contributed by atoms with E-state index in [-0.39, 0.29) is 0 Å². The maximum Gasteiger partial charge on any atom is 0.0722 e. The second-order valence-electron chi connectivity index (χ2n) is 6.56. The van der Waals surface area contributed by atoms with Gasteiger partial charge in [-0.2, -0.15) is 0 Å². The van der Waals surface area contributed by atoms with E-state index in [4.69, 9.17) is 0 Å². The van der Waals surface area contributed by atoms with Gasteiger partial charge in [-0.05, 0) is 50.8 Å². The SMILES string of the molecule is Cc1ccc2nccc(NC3CCN(C4CC4)CC3)c2c1. The first-order valence-corrected chi connectivity index (χ1v) is 8.15. The Bertz CT molecular complexity index is 640. The van der Waals surface area contributed by atoms with E-state index >= 15 is 0 Å². The zero-order valence-electron chi connectivity index (χ0n) is 12.7. The average Bonchev–Trinajstić information content (AvgIpc) is 3.33. The fourth-order valence-electron chi connectivity index (χ4n) is 3.45. The Balaban J connectivity index is 1.50. The number of aryl methyl sites for hydroxylation is 1. The minimum Gasteiger partial charge on any atom is -0.382 e. The van der Waals surface area contributed by atoms with E-state index in [1.165, 1.54) is 55.4 Å². The van der Waals surface area contributed by atoms with E-state index in [2.05, 4.69) is 46.4 Å². The molecule has 21 heavy (non-hydrogen) atoms. The molecule has 2 aliphatic rings. The number of likely N-dealkylation sites (tertiary alicyclic amines) is 1. The Morgan fingerprint density at radius 3 is 2.67 bits per heavy atom. The van der Waals surface area contributed by atoms with E-state index in [0.29, 0.717) is 6.04 Å². The highest BCUT2D eigenvalue weighted by Gasteiger charge is 2.31. The van der Waals surface area contributed by atoms with E-state index in [0.717, 1.165) is 11.6 Å². The van der Waals surface area contributed by atoms with Crippen LogP contribution in [0, 0.1) is 6.92 Å². The molecule has 1 aliphatic heterocycles. The van der Waals surface area contributed by atoms with Gasteiger partial charge in [-0.15, -0.1) is 0 Å². The summed E-state index contributed by atoms with van der Waals surface area (Å²) in [4.78, 5) is 7.14. The van der Waals surface area contributed by atoms with Crippen molar-refractivity contribution in [2.75, 3.05) is 18.4 Å². The number of aromatic nitrogens is 1. The third-order valence-electron chi connectivity index (χ3n) is 4.85. The number of benzene rings is 1. The molecule has 1 N–H and O–H groups in total. The normalized spacial score (nSPS) is 20.8. The third kappa shape index (κ3) is 2.75. The molecule has 0 spiro atoms. The van der Waals surface area contributed by atoms with Gasteiger partial charge in [-0.25, -0.2) is 0 Å². The predicted octanol–water partition coefficient (Wildman–Crippen LogP) is 3.58. The predicted molar refractivity (Wildman–Crippen MR) is 87.7 cm³/mol. The Morgan fingerprint density at radius 1 is 1.10 bits per heavy atom. The van der Waals surface area contributed by atoms with Gasteiger partial charge < -0.3 is 10.2 Å². The summed E-state index contributed by atoms with van der Waals surface area (Å²) in [5.41, 5.74) is 3.62. The lowest BCUT2D eigenvalue weighted by atomic mass is 10.0. The number of piperidine rings is 1. The smallest absolute Gasteiger partial charge is 0.0722 e. The van der Waals surface area contributed by atoms with Gasteiger partial charge in [0, 0.05) is 42.4 Å². The molecule has 1 aromatic heterocycles. The molecule has 0 radical (unpaired) electrons. The number of nitrogens with zero attached hydrogens (tertiary/aromatic N) is 2. The molecule has 0 unspecified atom stereocenters. The Morgan fingerprint density at radius 2 is 1.90 bits per heavy atom. The number of pyridine rings is 1. The molecule has 3 nitrogen and oxygen atoms in total. The monoisotopic (exact) mass is 281 g/mol. The van der Waals surface area contributed by atoms with Crippen LogP contribution in [0.25, 0.3) is 10.9 Å². The van der Waals surface area contributed by atoms with Gasteiger partial charge in [0.25, 0.3) is 0 Å². The number of fused-ring (bicyclic) bond motifs is 1. The summed E-state index contributed by atoms with van der Waals surface area (Å²) in [5, 5.41) is 5.02. The van der Waals surface area contributed by atoms with Crippen molar-refractivity contribution in [3.63, 3.8) is 0 Å². The van der Waals surface area contributed by atoms with Crippen LogP contribution in [0.4, 0.5) is 5.69 Å². The van der Waals surface area contributed by atoms with Crippen LogP contribution in [0.5, 0.6) is 0 Å². The minimum absolute atomic E-state index is 0.603. The van der Waals surface area contributed by atoms with Crippen molar-refractivity contribution in [2.45, 2.75) is 44.7 Å². The van der Waals surface area contributed by atoms with Crippen LogP contribution < -0.4 is 5.32 Å². The molecule has 3 heteroatoms. The molecule has 2 fully saturated rings. The van der Waals surface area contributed by atoms with Crippen LogP contribution in [0.15, 0.2) is 30.5 Å². The number of rotatable bonds is 3. The molecule has 1 saturated carbocycles. The molecule has 110 valence electrons. The molecule has 1 saturated heterocycles. The Labute approximate surface area is 126 Å². The number of hydrogen-bond acceptors (Lipinski definition) is 3. The summed E-state index contributed by atoms with van der Waals surface area (Å²) in [6, 6.07) is 10.1. The quantitative estimate of drug-likeness (QED) is 0.932.